The Labute approximate surface area is 278 Å². The molecular weight excluding hydrogens is 624 g/mol. The van der Waals surface area contributed by atoms with Crippen LogP contribution in [0.2, 0.25) is 5.02 Å². The number of anilines is 1. The molecule has 0 aliphatic carbocycles. The third-order valence-corrected chi connectivity index (χ3v) is 7.78. The van der Waals surface area contributed by atoms with Crippen LogP contribution in [0.4, 0.5) is 10.6 Å². The normalized spacial score (nSPS) is 11.4. The van der Waals surface area contributed by atoms with E-state index in [2.05, 4.69) is 16.9 Å². The number of aryl methyl sites for hydroxylation is 2. The Morgan fingerprint density at radius 1 is 1.09 bits per heavy atom. The van der Waals surface area contributed by atoms with Crippen molar-refractivity contribution in [2.24, 2.45) is 17.8 Å². The van der Waals surface area contributed by atoms with Crippen LogP contribution in [0.15, 0.2) is 59.7 Å². The lowest BCUT2D eigenvalue weighted by Crippen LogP contribution is -2.33. The number of amidine groups is 1. The zero-order valence-electron chi connectivity index (χ0n) is 27.0. The highest BCUT2D eigenvalue weighted by Crippen LogP contribution is 2.28. The first kappa shape index (κ1) is 34.9. The van der Waals surface area contributed by atoms with Gasteiger partial charge in [-0.25, -0.2) is 14.8 Å². The van der Waals surface area contributed by atoms with Gasteiger partial charge in [0, 0.05) is 30.9 Å². The number of pyridine rings is 1. The van der Waals surface area contributed by atoms with E-state index < -0.39 is 12.1 Å². The number of imidazole rings is 1. The Morgan fingerprint density at radius 3 is 2.60 bits per heavy atom. The molecule has 2 aromatic heterocycles. The summed E-state index contributed by atoms with van der Waals surface area (Å²) in [4.78, 5) is 51.8. The molecule has 2 N–H and O–H groups in total. The molecule has 0 spiro atoms. The number of hydrogen-bond acceptors (Lipinski definition) is 8. The Bertz CT molecular complexity index is 1730. The minimum atomic E-state index is -0.757. The van der Waals surface area contributed by atoms with Crippen LogP contribution in [0.25, 0.3) is 11.0 Å². The SMILES string of the molecule is CCCCCCOC(=O)/N=C(/N)c1c(C)cc(OCc2nc3cc(C(=O)N(CCC(=O)OC)c4ccccn4)ccc3n2C)cc1Cl. The maximum Gasteiger partial charge on any atom is 0.435 e. The first-order valence-corrected chi connectivity index (χ1v) is 15.7. The molecule has 0 aliphatic rings. The summed E-state index contributed by atoms with van der Waals surface area (Å²) in [5.41, 5.74) is 8.98. The summed E-state index contributed by atoms with van der Waals surface area (Å²) in [5, 5.41) is 0.273. The molecule has 0 radical (unpaired) electrons. The highest BCUT2D eigenvalue weighted by Gasteiger charge is 2.22. The summed E-state index contributed by atoms with van der Waals surface area (Å²) in [6, 6.07) is 13.8. The minimum Gasteiger partial charge on any atom is -0.486 e. The van der Waals surface area contributed by atoms with Crippen LogP contribution in [-0.2, 0) is 27.9 Å². The van der Waals surface area contributed by atoms with Gasteiger partial charge in [0.2, 0.25) is 0 Å². The molecule has 0 unspecified atom stereocenters. The molecule has 0 aliphatic heterocycles. The second-order valence-corrected chi connectivity index (χ2v) is 11.2. The topological polar surface area (TPSA) is 151 Å². The van der Waals surface area contributed by atoms with Crippen molar-refractivity contribution in [3.63, 3.8) is 0 Å². The second-order valence-electron chi connectivity index (χ2n) is 10.8. The Morgan fingerprint density at radius 2 is 1.89 bits per heavy atom. The number of unbranched alkanes of at least 4 members (excludes halogenated alkanes) is 3. The standard InChI is InChI=1S/C34H39ClN6O6/c1-5-6-7-10-17-46-34(44)39-32(36)31-22(2)18-24(20-25(31)35)47-21-29-38-26-19-23(12-13-27(26)40(29)3)33(43)41(16-14-30(42)45-4)28-11-8-9-15-37-28/h8-9,11-13,15,18-20H,5-7,10,14,16-17,21H2,1-4H3,(H2,36,39,44). The minimum absolute atomic E-state index is 0.0156. The van der Waals surface area contributed by atoms with Gasteiger partial charge in [0.15, 0.2) is 0 Å². The molecule has 12 nitrogen and oxygen atoms in total. The predicted molar refractivity (Wildman–Crippen MR) is 180 cm³/mol. The molecule has 4 aromatic rings. The lowest BCUT2D eigenvalue weighted by atomic mass is 10.1. The highest BCUT2D eigenvalue weighted by atomic mass is 35.5. The zero-order chi connectivity index (χ0) is 33.9. The summed E-state index contributed by atoms with van der Waals surface area (Å²) in [6.45, 7) is 4.40. The Hall–Kier alpha value is -4.97. The van der Waals surface area contributed by atoms with E-state index in [1.807, 2.05) is 17.7 Å². The number of aromatic nitrogens is 3. The molecular formula is C34H39ClN6O6. The smallest absolute Gasteiger partial charge is 0.435 e. The lowest BCUT2D eigenvalue weighted by Gasteiger charge is -2.21. The first-order chi connectivity index (χ1) is 22.6. The number of hydrogen-bond donors (Lipinski definition) is 1. The van der Waals surface area contributed by atoms with E-state index in [1.54, 1.807) is 55.6 Å². The number of ether oxygens (including phenoxy) is 3. The van der Waals surface area contributed by atoms with Gasteiger partial charge in [-0.05, 0) is 61.4 Å². The van der Waals surface area contributed by atoms with E-state index in [1.165, 1.54) is 12.0 Å². The van der Waals surface area contributed by atoms with Gasteiger partial charge in [0.05, 0.1) is 36.2 Å². The number of fused-ring (bicyclic) bond motifs is 1. The molecule has 0 bridgehead atoms. The second kappa shape index (κ2) is 16.5. The van der Waals surface area contributed by atoms with E-state index in [9.17, 15) is 14.4 Å². The Kier molecular flexibility index (Phi) is 12.3. The van der Waals surface area contributed by atoms with Crippen molar-refractivity contribution < 1.29 is 28.6 Å². The van der Waals surface area contributed by atoms with Crippen molar-refractivity contribution in [1.82, 2.24) is 14.5 Å². The number of carbonyl (C=O) groups is 3. The number of amides is 2. The van der Waals surface area contributed by atoms with E-state index in [0.717, 1.165) is 31.2 Å². The molecule has 0 atom stereocenters. The number of aliphatic imine (C=N–C) groups is 1. The summed E-state index contributed by atoms with van der Waals surface area (Å²) in [7, 11) is 3.16. The summed E-state index contributed by atoms with van der Waals surface area (Å²) in [5.74, 6) is 0.706. The Balaban J connectivity index is 1.47. The van der Waals surface area contributed by atoms with Gasteiger partial charge in [0.25, 0.3) is 5.91 Å². The van der Waals surface area contributed by atoms with Gasteiger partial charge in [-0.1, -0.05) is 43.9 Å². The van der Waals surface area contributed by atoms with Crippen molar-refractivity contribution in [3.05, 3.63) is 82.3 Å². The van der Waals surface area contributed by atoms with Gasteiger partial charge >= 0.3 is 12.1 Å². The van der Waals surface area contributed by atoms with Crippen LogP contribution in [0.3, 0.4) is 0 Å². The van der Waals surface area contributed by atoms with Crippen LogP contribution in [0, 0.1) is 6.92 Å². The molecule has 2 amide bonds. The summed E-state index contributed by atoms with van der Waals surface area (Å²) >= 11 is 6.54. The quantitative estimate of drug-likeness (QED) is 0.0726. The van der Waals surface area contributed by atoms with Gasteiger partial charge in [-0.2, -0.15) is 4.99 Å². The molecule has 0 saturated heterocycles. The largest absolute Gasteiger partial charge is 0.486 e. The van der Waals surface area contributed by atoms with Crippen molar-refractivity contribution >= 4 is 52.3 Å². The monoisotopic (exact) mass is 662 g/mol. The number of halogens is 1. The molecule has 13 heteroatoms. The van der Waals surface area contributed by atoms with Crippen molar-refractivity contribution in [3.8, 4) is 5.75 Å². The fourth-order valence-corrected chi connectivity index (χ4v) is 5.30. The van der Waals surface area contributed by atoms with Crippen LogP contribution >= 0.6 is 11.6 Å². The van der Waals surface area contributed by atoms with Crippen LogP contribution in [0.1, 0.15) is 66.3 Å². The number of methoxy groups -OCH3 is 1. The van der Waals surface area contributed by atoms with E-state index >= 15 is 0 Å². The molecule has 248 valence electrons. The number of carbonyl (C=O) groups excluding carboxylic acids is 3. The predicted octanol–water partition coefficient (Wildman–Crippen LogP) is 6.14. The van der Waals surface area contributed by atoms with Crippen LogP contribution in [0.5, 0.6) is 5.75 Å². The number of nitrogens with two attached hydrogens (primary N) is 1. The van der Waals surface area contributed by atoms with E-state index in [0.29, 0.717) is 39.6 Å². The van der Waals surface area contributed by atoms with Crippen LogP contribution < -0.4 is 15.4 Å². The third-order valence-electron chi connectivity index (χ3n) is 7.48. The molecule has 0 fully saturated rings. The summed E-state index contributed by atoms with van der Waals surface area (Å²) < 4.78 is 17.8. The fraction of sp³-hybridized carbons (Fsp3) is 0.353. The first-order valence-electron chi connectivity index (χ1n) is 15.3. The maximum absolute atomic E-state index is 13.6. The molecule has 0 saturated carbocycles. The van der Waals surface area contributed by atoms with Crippen LogP contribution in [-0.4, -0.2) is 58.6 Å². The lowest BCUT2D eigenvalue weighted by molar-refractivity contribution is -0.140. The third kappa shape index (κ3) is 9.07. The number of esters is 1. The van der Waals surface area contributed by atoms with Gasteiger partial charge in [0.1, 0.15) is 29.8 Å². The van der Waals surface area contributed by atoms with Gasteiger partial charge in [-0.3, -0.25) is 14.5 Å². The van der Waals surface area contributed by atoms with E-state index in [4.69, 9.17) is 36.5 Å². The molecule has 47 heavy (non-hydrogen) atoms. The highest BCUT2D eigenvalue weighted by molar-refractivity contribution is 6.34. The van der Waals surface area contributed by atoms with Crippen molar-refractivity contribution in [2.45, 2.75) is 52.6 Å². The fourth-order valence-electron chi connectivity index (χ4n) is 4.95. The van der Waals surface area contributed by atoms with E-state index in [-0.39, 0.29) is 42.9 Å². The maximum atomic E-state index is 13.6. The number of rotatable bonds is 14. The molecule has 2 aromatic carbocycles. The molecule has 2 heterocycles. The van der Waals surface area contributed by atoms with Gasteiger partial charge < -0.3 is 24.5 Å². The zero-order valence-corrected chi connectivity index (χ0v) is 27.7. The van der Waals surface area contributed by atoms with Crippen molar-refractivity contribution in [2.75, 3.05) is 25.2 Å². The average Bonchev–Trinajstić information content (AvgIpc) is 3.37. The number of nitrogens with zero attached hydrogens (tertiary/aromatic N) is 5. The van der Waals surface area contributed by atoms with Gasteiger partial charge in [-0.15, -0.1) is 0 Å². The molecule has 4 rings (SSSR count). The average molecular weight is 663 g/mol. The van der Waals surface area contributed by atoms with Crippen molar-refractivity contribution in [1.29, 1.82) is 0 Å². The number of benzene rings is 2. The summed E-state index contributed by atoms with van der Waals surface area (Å²) in [6.07, 6.45) is 4.77.